The van der Waals surface area contributed by atoms with Crippen LogP contribution in [0.1, 0.15) is 46.4 Å². The van der Waals surface area contributed by atoms with E-state index in [2.05, 4.69) is 145 Å². The Morgan fingerprint density at radius 2 is 0.796 bits per heavy atom. The predicted molar refractivity (Wildman–Crippen MR) is 506 cm³/mol. The van der Waals surface area contributed by atoms with Crippen LogP contribution in [0.5, 0.6) is 17.2 Å². The van der Waals surface area contributed by atoms with Crippen LogP contribution in [0.4, 0.5) is 64.7 Å². The zero-order valence-electron chi connectivity index (χ0n) is 76.1. The minimum Gasteiger partial charge on any atom is -0.486 e. The Morgan fingerprint density at radius 1 is 0.445 bits per heavy atom. The number of ether oxygens (including phenoxy) is 7. The Balaban J connectivity index is 0.000000137. The smallest absolute Gasteiger partial charge is 0.276 e. The van der Waals surface area contributed by atoms with Crippen LogP contribution < -0.4 is 44.9 Å². The van der Waals surface area contributed by atoms with Gasteiger partial charge in [0.2, 0.25) is 5.91 Å². The van der Waals surface area contributed by atoms with Gasteiger partial charge in [-0.1, -0.05) is 5.21 Å². The summed E-state index contributed by atoms with van der Waals surface area (Å²) in [7, 11) is 3.09. The summed E-state index contributed by atoms with van der Waals surface area (Å²) >= 11 is 0. The number of nitrogens with zero attached hydrogens (tertiary/aromatic N) is 22. The van der Waals surface area contributed by atoms with Gasteiger partial charge in [-0.15, -0.1) is 5.10 Å². The van der Waals surface area contributed by atoms with Crippen LogP contribution in [0, 0.1) is 34.0 Å². The second kappa shape index (κ2) is 43.6. The molecular weight excluding hydrogens is 1760 g/mol. The molecule has 0 radical (unpaired) electrons. The largest absolute Gasteiger partial charge is 0.486 e. The molecule has 14 heterocycles. The molecular formula is C99H106F3N25O10. The number of hydrogen-bond donors (Lipinski definition) is 3. The topological polar surface area (TPSA) is 373 Å². The highest BCUT2D eigenvalue weighted by atomic mass is 19.1. The van der Waals surface area contributed by atoms with Gasteiger partial charge in [-0.2, -0.15) is 15.8 Å². The van der Waals surface area contributed by atoms with Gasteiger partial charge in [-0.3, -0.25) is 38.8 Å². The lowest BCUT2D eigenvalue weighted by molar-refractivity contribution is -0.139. The number of piperazine rings is 3. The molecule has 9 fully saturated rings. The number of anilines is 9. The Labute approximate surface area is 791 Å². The van der Waals surface area contributed by atoms with Crippen LogP contribution >= 0.6 is 0 Å². The summed E-state index contributed by atoms with van der Waals surface area (Å²) in [4.78, 5) is 87.7. The van der Waals surface area contributed by atoms with E-state index < -0.39 is 36.8 Å². The number of piperidine rings is 3. The lowest BCUT2D eigenvalue weighted by Crippen LogP contribution is -2.56. The highest BCUT2D eigenvalue weighted by molar-refractivity contribution is 6.00. The Bertz CT molecular complexity index is 6090. The lowest BCUT2D eigenvalue weighted by atomic mass is 10.0. The third-order valence-electron chi connectivity index (χ3n) is 26.1. The number of nitriles is 3. The van der Waals surface area contributed by atoms with E-state index in [9.17, 15) is 34.6 Å². The van der Waals surface area contributed by atoms with Gasteiger partial charge in [0, 0.05) is 213 Å². The van der Waals surface area contributed by atoms with Crippen LogP contribution in [0.25, 0.3) is 34.2 Å². The first kappa shape index (κ1) is 93.1. The maximum Gasteiger partial charge on any atom is 0.276 e. The van der Waals surface area contributed by atoms with Crippen molar-refractivity contribution in [3.8, 4) is 69.6 Å². The molecule has 3 amide bonds. The first-order valence-electron chi connectivity index (χ1n) is 46.2. The predicted octanol–water partition coefficient (Wildman–Crippen LogP) is 9.89. The van der Waals surface area contributed by atoms with Crippen molar-refractivity contribution in [2.24, 2.45) is 12.0 Å². The monoisotopic (exact) mass is 1860 g/mol. The molecule has 6 aromatic carbocycles. The van der Waals surface area contributed by atoms with Crippen LogP contribution in [0.2, 0.25) is 0 Å². The Hall–Kier alpha value is -14.3. The van der Waals surface area contributed by atoms with Crippen molar-refractivity contribution in [2.45, 2.75) is 74.2 Å². The normalized spacial score (nSPS) is 21.0. The van der Waals surface area contributed by atoms with E-state index in [0.717, 1.165) is 135 Å². The first-order chi connectivity index (χ1) is 67.0. The fourth-order valence-electron chi connectivity index (χ4n) is 18.0. The number of aryl methyl sites for hydroxylation is 1. The summed E-state index contributed by atoms with van der Waals surface area (Å²) < 4.78 is 85.3. The van der Waals surface area contributed by atoms with Gasteiger partial charge in [0.1, 0.15) is 77.8 Å². The number of carbonyl (C=O) groups excluding carboxylic acids is 3. The molecule has 708 valence electrons. The van der Waals surface area contributed by atoms with Crippen LogP contribution in [-0.4, -0.2) is 331 Å². The summed E-state index contributed by atoms with van der Waals surface area (Å²) in [6.07, 6.45) is 4.11. The number of amides is 3. The SMILES string of the molecule is COCC(=O)N1CC[C@H](Oc2ccc(-c3nccc(Nc4ccc(N5CCN(C6COC6)CC5)cc4)n3)cc2C#N)[C@H](F)C1.Cn1cc(C(=O)N2CC[C@H](Oc3ccc(-c4nccc(Nc5ccc(N6CCN(C7COC7)CC6)cc5)n4)cc3C#N)[C@H](F)C2)nn1.N#Cc1cc(-c2nccc(Nc3ccc(N4CCN(C5COC5)CC4)cc3)n2)ccc1O[C@H]1CCN(C(=O)C2=CC=NC2)C[C@H]1F. The Kier molecular flexibility index (Phi) is 29.6. The molecule has 35 nitrogen and oxygen atoms in total. The zero-order valence-corrected chi connectivity index (χ0v) is 76.1. The molecule has 38 heteroatoms. The highest BCUT2D eigenvalue weighted by Gasteiger charge is 2.40. The maximum atomic E-state index is 15.2. The van der Waals surface area contributed by atoms with Crippen molar-refractivity contribution in [1.29, 1.82) is 15.8 Å². The summed E-state index contributed by atoms with van der Waals surface area (Å²) in [6, 6.07) is 53.7. The molecule has 10 aromatic rings. The summed E-state index contributed by atoms with van der Waals surface area (Å²) in [6.45, 7) is 18.4. The summed E-state index contributed by atoms with van der Waals surface area (Å²) in [5.74, 6) is 3.19. The van der Waals surface area contributed by atoms with Gasteiger partial charge in [-0.05, 0) is 152 Å². The number of carbonyl (C=O) groups is 3. The fraction of sp³-hybridized carbons (Fsp3) is 0.404. The molecule has 0 bridgehead atoms. The van der Waals surface area contributed by atoms with Gasteiger partial charge in [0.15, 0.2) is 41.7 Å². The number of allylic oxidation sites excluding steroid dienone is 1. The third kappa shape index (κ3) is 22.8. The minimum atomic E-state index is -1.44. The number of nitrogens with one attached hydrogen (secondary N) is 3. The quantitative estimate of drug-likeness (QED) is 0.0479. The molecule has 0 unspecified atom stereocenters. The third-order valence-corrected chi connectivity index (χ3v) is 26.1. The van der Waals surface area contributed by atoms with Gasteiger partial charge >= 0.3 is 0 Å². The van der Waals surface area contributed by atoms with E-state index in [1.165, 1.54) is 49.8 Å². The molecule has 0 saturated carbocycles. The van der Waals surface area contributed by atoms with Crippen LogP contribution in [0.3, 0.4) is 0 Å². The van der Waals surface area contributed by atoms with E-state index in [-0.39, 0.29) is 84.3 Å². The van der Waals surface area contributed by atoms with Crippen molar-refractivity contribution < 1.29 is 60.7 Å². The number of aromatic nitrogens is 9. The molecule has 3 N–H and O–H groups in total. The molecule has 4 aromatic heterocycles. The minimum absolute atomic E-state index is 0.0647. The Morgan fingerprint density at radius 3 is 1.10 bits per heavy atom. The average molecular weight is 1860 g/mol. The number of hydrogen-bond acceptors (Lipinski definition) is 31. The van der Waals surface area contributed by atoms with Crippen LogP contribution in [-0.2, 0) is 35.6 Å². The van der Waals surface area contributed by atoms with Crippen molar-refractivity contribution in [3.63, 3.8) is 0 Å². The standard InChI is InChI=1S/C34H35FN8O3.C33H35FN10O3.C32H36FN7O4/c35-29-20-43(34(44)24-7-10-37-19-24)12-9-31(29)46-30-6-1-23(17-25(30)18-36)33-38-11-8-32(40-33)39-26-2-4-27(5-3-26)41-13-15-42(16-14-41)28-21-45-22-28;1-41-19-28(39-40-41)33(45)44-11-9-30(27(34)18-44)47-29-7-2-22(16-23(29)17-35)32-36-10-8-31(38-32)37-24-3-5-25(6-4-24)42-12-14-43(15-13-42)26-20-46-21-26;1-42-21-31(41)40-11-9-29(27(33)18-40)44-28-7-2-22(16-23(28)17-34)32-35-10-8-30(37-32)36-24-3-5-25(6-4-24)38-12-14-39(15-13-38)26-19-43-20-26/h1-8,10-11,17,28-29,31H,9,12-16,19-22H2,(H,38,39,40);2-8,10,16,19,26-27,30H,9,11-15,18,20-21H2,1H3,(H,36,37,38);2-8,10,16,26-27,29H,9,11-15,18-21H2,1H3,(H,35,36,37)/t29-,31+;27-,30+;27-,29+/m111/s1. The fourth-order valence-corrected chi connectivity index (χ4v) is 18.0. The molecule has 9 saturated heterocycles. The summed E-state index contributed by atoms with van der Waals surface area (Å²) in [5, 5.41) is 47.2. The number of halogens is 3. The van der Waals surface area contributed by atoms with Gasteiger partial charge in [-0.25, -0.2) is 43.1 Å². The number of rotatable bonds is 25. The lowest BCUT2D eigenvalue weighted by Gasteiger charge is -2.43. The molecule has 0 aliphatic carbocycles. The molecule has 10 aliphatic heterocycles. The van der Waals surface area contributed by atoms with Crippen LogP contribution in [0.15, 0.2) is 187 Å². The number of aliphatic imine (C=N–C) groups is 1. The number of benzene rings is 6. The first-order valence-corrected chi connectivity index (χ1v) is 46.2. The van der Waals surface area contributed by atoms with Crippen molar-refractivity contribution >= 4 is 75.5 Å². The highest BCUT2D eigenvalue weighted by Crippen LogP contribution is 2.36. The van der Waals surface area contributed by atoms with Gasteiger partial charge in [0.25, 0.3) is 11.8 Å². The van der Waals surface area contributed by atoms with E-state index in [0.29, 0.717) is 120 Å². The number of likely N-dealkylation sites (tertiary alicyclic amines) is 3. The number of alkyl halides is 3. The van der Waals surface area contributed by atoms with Gasteiger partial charge in [0.05, 0.1) is 107 Å². The van der Waals surface area contributed by atoms with E-state index >= 15 is 8.78 Å². The zero-order chi connectivity index (χ0) is 94.3. The van der Waals surface area contributed by atoms with Crippen molar-refractivity contribution in [1.82, 2.24) is 74.3 Å². The molecule has 20 rings (SSSR count). The van der Waals surface area contributed by atoms with Crippen molar-refractivity contribution in [2.75, 3.05) is 208 Å². The second-order valence-corrected chi connectivity index (χ2v) is 35.0. The van der Waals surface area contributed by atoms with E-state index in [4.69, 9.17) is 33.2 Å². The molecule has 0 spiro atoms. The second-order valence-electron chi connectivity index (χ2n) is 35.0. The number of methoxy groups -OCH3 is 1. The molecule has 6 atom stereocenters. The molecule has 137 heavy (non-hydrogen) atoms. The summed E-state index contributed by atoms with van der Waals surface area (Å²) in [5.41, 5.74) is 9.68. The van der Waals surface area contributed by atoms with Crippen molar-refractivity contribution in [3.05, 3.63) is 204 Å². The van der Waals surface area contributed by atoms with E-state index in [1.54, 1.807) is 111 Å². The average Bonchev–Trinajstić information content (AvgIpc) is 0.826. The maximum absolute atomic E-state index is 15.2. The van der Waals surface area contributed by atoms with Gasteiger partial charge < -0.3 is 78.5 Å². The van der Waals surface area contributed by atoms with E-state index in [1.807, 2.05) is 36.4 Å². The molecule has 10 aliphatic rings.